The molecule has 0 aliphatic carbocycles. The first-order valence-electron chi connectivity index (χ1n) is 8.03. The summed E-state index contributed by atoms with van der Waals surface area (Å²) in [5.41, 5.74) is 0.542. The van der Waals surface area contributed by atoms with Gasteiger partial charge in [0.1, 0.15) is 0 Å². The van der Waals surface area contributed by atoms with Crippen LogP contribution in [0.25, 0.3) is 20.9 Å². The van der Waals surface area contributed by atoms with Gasteiger partial charge in [0.25, 0.3) is 0 Å². The maximum atomic E-state index is 12.5. The normalized spacial score (nSPS) is 10.9. The summed E-state index contributed by atoms with van der Waals surface area (Å²) in [7, 11) is 0. The Hall–Kier alpha value is -3.18. The Labute approximate surface area is 153 Å². The molecule has 0 spiro atoms. The third-order valence-electron chi connectivity index (χ3n) is 4.16. The number of carboxylic acid groups (broad SMARTS) is 1. The molecule has 4 nitrogen and oxygen atoms in total. The highest BCUT2D eigenvalue weighted by molar-refractivity contribution is 7.21. The van der Waals surface area contributed by atoms with E-state index in [9.17, 15) is 14.7 Å². The topological polar surface area (TPSA) is 63.6 Å². The van der Waals surface area contributed by atoms with E-state index in [4.69, 9.17) is 4.74 Å². The zero-order valence-electron chi connectivity index (χ0n) is 13.6. The van der Waals surface area contributed by atoms with Crippen LogP contribution < -0.4 is 4.74 Å². The Kier molecular flexibility index (Phi) is 4.14. The number of ketones is 1. The van der Waals surface area contributed by atoms with E-state index in [0.29, 0.717) is 10.9 Å². The van der Waals surface area contributed by atoms with Crippen molar-refractivity contribution in [1.29, 1.82) is 0 Å². The van der Waals surface area contributed by atoms with Gasteiger partial charge >= 0.3 is 5.97 Å². The van der Waals surface area contributed by atoms with E-state index in [2.05, 4.69) is 0 Å². The number of carbonyl (C=O) groups is 2. The zero-order chi connectivity index (χ0) is 18.1. The highest BCUT2D eigenvalue weighted by Gasteiger charge is 2.20. The van der Waals surface area contributed by atoms with Crippen LogP contribution in [-0.4, -0.2) is 23.5 Å². The van der Waals surface area contributed by atoms with Crippen LogP contribution >= 0.6 is 11.3 Å². The number of hydrogen-bond donors (Lipinski definition) is 1. The first-order valence-corrected chi connectivity index (χ1v) is 8.85. The number of Topliss-reactive ketones (excluding diaryl/α,β-unsaturated/α-hetero) is 1. The third kappa shape index (κ3) is 2.93. The van der Waals surface area contributed by atoms with Gasteiger partial charge in [-0.2, -0.15) is 0 Å². The maximum absolute atomic E-state index is 12.5. The number of rotatable bonds is 5. The summed E-state index contributed by atoms with van der Waals surface area (Å²) < 4.78 is 6.48. The highest BCUT2D eigenvalue weighted by atomic mass is 32.1. The van der Waals surface area contributed by atoms with Crippen molar-refractivity contribution in [3.8, 4) is 5.75 Å². The predicted molar refractivity (Wildman–Crippen MR) is 103 cm³/mol. The van der Waals surface area contributed by atoms with E-state index in [-0.39, 0.29) is 23.0 Å². The lowest BCUT2D eigenvalue weighted by molar-refractivity contribution is 0.0695. The summed E-state index contributed by atoms with van der Waals surface area (Å²) in [5, 5.41) is 12.2. The number of fused-ring (bicyclic) bond motifs is 2. The molecule has 4 aromatic rings. The van der Waals surface area contributed by atoms with Crippen LogP contribution in [-0.2, 0) is 0 Å². The largest absolute Gasteiger partial charge is 0.483 e. The van der Waals surface area contributed by atoms with Crippen molar-refractivity contribution in [2.75, 3.05) is 6.61 Å². The Bertz CT molecular complexity index is 1140. The number of carbonyl (C=O) groups excluding carboxylic acids is 1. The minimum Gasteiger partial charge on any atom is -0.483 e. The summed E-state index contributed by atoms with van der Waals surface area (Å²) in [5.74, 6) is -0.992. The van der Waals surface area contributed by atoms with Gasteiger partial charge in [-0.25, -0.2) is 4.79 Å². The molecule has 0 amide bonds. The fourth-order valence-corrected chi connectivity index (χ4v) is 3.88. The molecule has 0 unspecified atom stereocenters. The summed E-state index contributed by atoms with van der Waals surface area (Å²) in [6, 6.07) is 20.6. The maximum Gasteiger partial charge on any atom is 0.349 e. The Morgan fingerprint density at radius 1 is 0.923 bits per heavy atom. The quantitative estimate of drug-likeness (QED) is 0.507. The van der Waals surface area contributed by atoms with Crippen molar-refractivity contribution >= 4 is 43.9 Å². The molecular weight excluding hydrogens is 348 g/mol. The Morgan fingerprint density at radius 3 is 2.46 bits per heavy atom. The van der Waals surface area contributed by atoms with Gasteiger partial charge in [-0.1, -0.05) is 48.5 Å². The number of hydrogen-bond acceptors (Lipinski definition) is 4. The van der Waals surface area contributed by atoms with Crippen molar-refractivity contribution < 1.29 is 19.4 Å². The van der Waals surface area contributed by atoms with Gasteiger partial charge in [0.05, 0.1) is 0 Å². The van der Waals surface area contributed by atoms with E-state index < -0.39 is 5.97 Å². The predicted octanol–water partition coefficient (Wildman–Crippen LogP) is 5.01. The van der Waals surface area contributed by atoms with E-state index in [1.54, 1.807) is 12.1 Å². The van der Waals surface area contributed by atoms with Gasteiger partial charge in [0.15, 0.2) is 23.0 Å². The SMILES string of the molecule is O=C(COc1c(C(=O)O)sc2ccccc12)c1ccc2ccccc2c1. The average Bonchev–Trinajstić information content (AvgIpc) is 3.04. The minimum atomic E-state index is -1.06. The second-order valence-corrected chi connectivity index (χ2v) is 6.89. The van der Waals surface area contributed by atoms with E-state index in [0.717, 1.165) is 26.8 Å². The monoisotopic (exact) mass is 362 g/mol. The van der Waals surface area contributed by atoms with Gasteiger partial charge in [0, 0.05) is 15.6 Å². The van der Waals surface area contributed by atoms with Gasteiger partial charge in [-0.15, -0.1) is 11.3 Å². The number of aromatic carboxylic acids is 1. The van der Waals surface area contributed by atoms with E-state index in [1.807, 2.05) is 54.6 Å². The Morgan fingerprint density at radius 2 is 1.65 bits per heavy atom. The second-order valence-electron chi connectivity index (χ2n) is 5.84. The molecule has 0 aliphatic rings. The number of benzene rings is 3. The van der Waals surface area contributed by atoms with E-state index >= 15 is 0 Å². The fraction of sp³-hybridized carbons (Fsp3) is 0.0476. The molecule has 0 saturated carbocycles. The first-order chi connectivity index (χ1) is 12.6. The molecular formula is C21H14O4S. The summed E-state index contributed by atoms with van der Waals surface area (Å²) in [6.07, 6.45) is 0. The zero-order valence-corrected chi connectivity index (χ0v) is 14.5. The smallest absolute Gasteiger partial charge is 0.349 e. The van der Waals surface area contributed by atoms with Crippen molar-refractivity contribution in [1.82, 2.24) is 0 Å². The van der Waals surface area contributed by atoms with Gasteiger partial charge in [-0.05, 0) is 29.0 Å². The van der Waals surface area contributed by atoms with Crippen LogP contribution in [0.15, 0.2) is 66.7 Å². The minimum absolute atomic E-state index is 0.109. The first kappa shape index (κ1) is 16.3. The number of carboxylic acids is 1. The average molecular weight is 362 g/mol. The molecule has 0 aliphatic heterocycles. The molecule has 0 radical (unpaired) electrons. The third-order valence-corrected chi connectivity index (χ3v) is 5.30. The number of ether oxygens (including phenoxy) is 1. The van der Waals surface area contributed by atoms with Crippen LogP contribution in [0.3, 0.4) is 0 Å². The van der Waals surface area contributed by atoms with Gasteiger partial charge < -0.3 is 9.84 Å². The lowest BCUT2D eigenvalue weighted by Crippen LogP contribution is -2.12. The molecule has 0 fully saturated rings. The molecule has 0 saturated heterocycles. The van der Waals surface area contributed by atoms with Crippen molar-refractivity contribution in [2.24, 2.45) is 0 Å². The van der Waals surface area contributed by atoms with Crippen LogP contribution in [0, 0.1) is 0 Å². The van der Waals surface area contributed by atoms with Crippen LogP contribution in [0.1, 0.15) is 20.0 Å². The van der Waals surface area contributed by atoms with Crippen LogP contribution in [0.2, 0.25) is 0 Å². The lowest BCUT2D eigenvalue weighted by atomic mass is 10.0. The lowest BCUT2D eigenvalue weighted by Gasteiger charge is -2.07. The van der Waals surface area contributed by atoms with Gasteiger partial charge in [0.2, 0.25) is 0 Å². The molecule has 0 bridgehead atoms. The summed E-state index contributed by atoms with van der Waals surface area (Å²) in [6.45, 7) is -0.209. The molecule has 5 heteroatoms. The molecule has 1 heterocycles. The number of thiophene rings is 1. The second kappa shape index (κ2) is 6.61. The van der Waals surface area contributed by atoms with Crippen LogP contribution in [0.5, 0.6) is 5.75 Å². The Balaban J connectivity index is 1.62. The molecule has 1 N–H and O–H groups in total. The summed E-state index contributed by atoms with van der Waals surface area (Å²) >= 11 is 1.15. The van der Waals surface area contributed by atoms with Crippen molar-refractivity contribution in [2.45, 2.75) is 0 Å². The van der Waals surface area contributed by atoms with E-state index in [1.165, 1.54) is 0 Å². The standard InChI is InChI=1S/C21H14O4S/c22-17(15-10-9-13-5-1-2-6-14(13)11-15)12-25-19-16-7-3-4-8-18(16)26-20(19)21(23)24/h1-11H,12H2,(H,23,24). The molecule has 1 aromatic heterocycles. The van der Waals surface area contributed by atoms with Gasteiger partial charge in [-0.3, -0.25) is 4.79 Å². The highest BCUT2D eigenvalue weighted by Crippen LogP contribution is 2.37. The summed E-state index contributed by atoms with van der Waals surface area (Å²) in [4.78, 5) is 24.1. The molecule has 26 heavy (non-hydrogen) atoms. The molecule has 0 atom stereocenters. The fourth-order valence-electron chi connectivity index (χ4n) is 2.89. The molecule has 128 valence electrons. The van der Waals surface area contributed by atoms with Crippen molar-refractivity contribution in [3.05, 3.63) is 77.2 Å². The molecule has 4 rings (SSSR count). The van der Waals surface area contributed by atoms with Crippen molar-refractivity contribution in [3.63, 3.8) is 0 Å². The van der Waals surface area contributed by atoms with Crippen LogP contribution in [0.4, 0.5) is 0 Å². The molecule has 3 aromatic carbocycles.